The third kappa shape index (κ3) is 3.67. The Labute approximate surface area is 117 Å². The minimum absolute atomic E-state index is 0.157. The van der Waals surface area contributed by atoms with Gasteiger partial charge in [0.05, 0.1) is 0 Å². The SMILES string of the molecule is CC(C)N1CCN([C@@H]2CCN(C(C)C)C[C@H]2F)CC1. The minimum Gasteiger partial charge on any atom is -0.298 e. The Morgan fingerprint density at radius 3 is 1.89 bits per heavy atom. The Morgan fingerprint density at radius 1 is 0.842 bits per heavy atom. The largest absolute Gasteiger partial charge is 0.298 e. The molecule has 0 saturated carbocycles. The van der Waals surface area contributed by atoms with Crippen molar-refractivity contribution < 1.29 is 4.39 Å². The van der Waals surface area contributed by atoms with Gasteiger partial charge in [-0.05, 0) is 34.1 Å². The molecule has 0 unspecified atom stereocenters. The van der Waals surface area contributed by atoms with Crippen molar-refractivity contribution in [3.05, 3.63) is 0 Å². The first-order valence-electron chi connectivity index (χ1n) is 7.85. The lowest BCUT2D eigenvalue weighted by molar-refractivity contribution is -0.00406. The lowest BCUT2D eigenvalue weighted by Gasteiger charge is -2.45. The Kier molecular flexibility index (Phi) is 5.21. The monoisotopic (exact) mass is 271 g/mol. The van der Waals surface area contributed by atoms with E-state index in [0.717, 1.165) is 39.1 Å². The molecule has 19 heavy (non-hydrogen) atoms. The fraction of sp³-hybridized carbons (Fsp3) is 1.00. The normalized spacial score (nSPS) is 32.4. The molecular formula is C15H30FN3. The van der Waals surface area contributed by atoms with Gasteiger partial charge in [0.15, 0.2) is 0 Å². The molecule has 0 bridgehead atoms. The first kappa shape index (κ1) is 15.2. The van der Waals surface area contributed by atoms with Crippen molar-refractivity contribution in [1.82, 2.24) is 14.7 Å². The van der Waals surface area contributed by atoms with Gasteiger partial charge in [-0.25, -0.2) is 4.39 Å². The summed E-state index contributed by atoms with van der Waals surface area (Å²) in [6.07, 6.45) is 0.308. The second-order valence-electron chi connectivity index (χ2n) is 6.63. The zero-order valence-corrected chi connectivity index (χ0v) is 13.0. The maximum Gasteiger partial charge on any atom is 0.128 e. The second kappa shape index (κ2) is 6.51. The smallest absolute Gasteiger partial charge is 0.128 e. The van der Waals surface area contributed by atoms with Crippen molar-refractivity contribution in [1.29, 1.82) is 0 Å². The second-order valence-corrected chi connectivity index (χ2v) is 6.63. The highest BCUT2D eigenvalue weighted by Gasteiger charge is 2.35. The number of nitrogens with zero attached hydrogens (tertiary/aromatic N) is 3. The molecule has 2 fully saturated rings. The molecule has 0 aliphatic carbocycles. The zero-order chi connectivity index (χ0) is 14.0. The predicted molar refractivity (Wildman–Crippen MR) is 78.3 cm³/mol. The highest BCUT2D eigenvalue weighted by Crippen LogP contribution is 2.22. The van der Waals surface area contributed by atoms with E-state index in [-0.39, 0.29) is 6.04 Å². The highest BCUT2D eigenvalue weighted by atomic mass is 19.1. The van der Waals surface area contributed by atoms with Gasteiger partial charge in [-0.3, -0.25) is 14.7 Å². The third-order valence-corrected chi connectivity index (χ3v) is 4.82. The van der Waals surface area contributed by atoms with E-state index >= 15 is 0 Å². The van der Waals surface area contributed by atoms with Gasteiger partial charge in [0.1, 0.15) is 6.17 Å². The maximum atomic E-state index is 14.4. The lowest BCUT2D eigenvalue weighted by atomic mass is 9.99. The Bertz CT molecular complexity index is 275. The number of hydrogen-bond donors (Lipinski definition) is 0. The molecule has 0 spiro atoms. The summed E-state index contributed by atoms with van der Waals surface area (Å²) in [5.41, 5.74) is 0. The molecule has 0 N–H and O–H groups in total. The van der Waals surface area contributed by atoms with E-state index in [0.29, 0.717) is 18.6 Å². The maximum absolute atomic E-state index is 14.4. The summed E-state index contributed by atoms with van der Waals surface area (Å²) in [4.78, 5) is 7.15. The van der Waals surface area contributed by atoms with Crippen molar-refractivity contribution in [2.45, 2.75) is 58.4 Å². The van der Waals surface area contributed by atoms with Gasteiger partial charge in [-0.2, -0.15) is 0 Å². The fourth-order valence-corrected chi connectivity index (χ4v) is 3.38. The number of rotatable bonds is 3. The molecule has 112 valence electrons. The minimum atomic E-state index is -0.679. The summed E-state index contributed by atoms with van der Waals surface area (Å²) >= 11 is 0. The van der Waals surface area contributed by atoms with Crippen LogP contribution in [0, 0.1) is 0 Å². The molecule has 0 radical (unpaired) electrons. The van der Waals surface area contributed by atoms with E-state index in [1.165, 1.54) is 0 Å². The van der Waals surface area contributed by atoms with Crippen LogP contribution in [0.5, 0.6) is 0 Å². The first-order chi connectivity index (χ1) is 8.99. The van der Waals surface area contributed by atoms with Crippen LogP contribution >= 0.6 is 0 Å². The van der Waals surface area contributed by atoms with E-state index in [9.17, 15) is 4.39 Å². The van der Waals surface area contributed by atoms with Crippen LogP contribution in [0.1, 0.15) is 34.1 Å². The van der Waals surface area contributed by atoms with E-state index in [1.807, 2.05) is 0 Å². The number of likely N-dealkylation sites (tertiary alicyclic amines) is 1. The van der Waals surface area contributed by atoms with Gasteiger partial charge < -0.3 is 0 Å². The van der Waals surface area contributed by atoms with Crippen molar-refractivity contribution in [2.24, 2.45) is 0 Å². The van der Waals surface area contributed by atoms with Gasteiger partial charge in [-0.1, -0.05) is 0 Å². The standard InChI is InChI=1S/C15H30FN3/c1-12(2)17-7-9-18(10-8-17)15-5-6-19(13(3)4)11-14(15)16/h12-15H,5-11H2,1-4H3/t14-,15-/m1/s1. The number of piperazine rings is 1. The molecule has 0 amide bonds. The highest BCUT2D eigenvalue weighted by molar-refractivity contribution is 4.90. The molecule has 2 aliphatic heterocycles. The van der Waals surface area contributed by atoms with Crippen LogP contribution in [0.25, 0.3) is 0 Å². The quantitative estimate of drug-likeness (QED) is 0.775. The fourth-order valence-electron chi connectivity index (χ4n) is 3.38. The van der Waals surface area contributed by atoms with E-state index in [1.54, 1.807) is 0 Å². The number of halogens is 1. The van der Waals surface area contributed by atoms with Crippen LogP contribution < -0.4 is 0 Å². The summed E-state index contributed by atoms with van der Waals surface area (Å²) in [6.45, 7) is 14.7. The number of alkyl halides is 1. The van der Waals surface area contributed by atoms with Crippen LogP contribution in [0.4, 0.5) is 4.39 Å². The molecule has 2 saturated heterocycles. The average molecular weight is 271 g/mol. The molecule has 0 aromatic rings. The molecule has 2 atom stereocenters. The van der Waals surface area contributed by atoms with Crippen LogP contribution in [0.15, 0.2) is 0 Å². The van der Waals surface area contributed by atoms with Crippen LogP contribution in [0.2, 0.25) is 0 Å². The first-order valence-corrected chi connectivity index (χ1v) is 7.85. The lowest BCUT2D eigenvalue weighted by Crippen LogP contribution is -2.59. The van der Waals surface area contributed by atoms with Crippen LogP contribution in [-0.4, -0.2) is 78.3 Å². The summed E-state index contributed by atoms with van der Waals surface area (Å²) < 4.78 is 14.4. The molecule has 2 aliphatic rings. The molecule has 4 heteroatoms. The van der Waals surface area contributed by atoms with Gasteiger partial charge >= 0.3 is 0 Å². The summed E-state index contributed by atoms with van der Waals surface area (Å²) in [6, 6.07) is 1.24. The van der Waals surface area contributed by atoms with Crippen molar-refractivity contribution in [3.63, 3.8) is 0 Å². The van der Waals surface area contributed by atoms with E-state index < -0.39 is 6.17 Å². The van der Waals surface area contributed by atoms with Gasteiger partial charge in [-0.15, -0.1) is 0 Å². The predicted octanol–water partition coefficient (Wildman–Crippen LogP) is 1.83. The molecule has 2 rings (SSSR count). The molecule has 3 nitrogen and oxygen atoms in total. The number of piperidine rings is 1. The van der Waals surface area contributed by atoms with Crippen molar-refractivity contribution >= 4 is 0 Å². The molecule has 2 heterocycles. The molecule has 0 aromatic heterocycles. The third-order valence-electron chi connectivity index (χ3n) is 4.82. The van der Waals surface area contributed by atoms with Crippen LogP contribution in [-0.2, 0) is 0 Å². The van der Waals surface area contributed by atoms with Crippen molar-refractivity contribution in [3.8, 4) is 0 Å². The molecular weight excluding hydrogens is 241 g/mol. The van der Waals surface area contributed by atoms with Crippen molar-refractivity contribution in [2.75, 3.05) is 39.3 Å². The van der Waals surface area contributed by atoms with Gasteiger partial charge in [0, 0.05) is 57.4 Å². The summed E-state index contributed by atoms with van der Waals surface area (Å²) in [5.74, 6) is 0. The molecule has 0 aromatic carbocycles. The van der Waals surface area contributed by atoms with Crippen LogP contribution in [0.3, 0.4) is 0 Å². The zero-order valence-electron chi connectivity index (χ0n) is 13.0. The number of hydrogen-bond acceptors (Lipinski definition) is 3. The topological polar surface area (TPSA) is 9.72 Å². The Balaban J connectivity index is 1.84. The van der Waals surface area contributed by atoms with Gasteiger partial charge in [0.2, 0.25) is 0 Å². The summed E-state index contributed by atoms with van der Waals surface area (Å²) in [5, 5.41) is 0. The Hall–Kier alpha value is -0.190. The van der Waals surface area contributed by atoms with E-state index in [2.05, 4.69) is 42.4 Å². The Morgan fingerprint density at radius 2 is 1.42 bits per heavy atom. The van der Waals surface area contributed by atoms with Gasteiger partial charge in [0.25, 0.3) is 0 Å². The average Bonchev–Trinajstić information content (AvgIpc) is 2.38. The van der Waals surface area contributed by atoms with E-state index in [4.69, 9.17) is 0 Å². The summed E-state index contributed by atoms with van der Waals surface area (Å²) in [7, 11) is 0.